The summed E-state index contributed by atoms with van der Waals surface area (Å²) in [4.78, 5) is 12.8. The Morgan fingerprint density at radius 2 is 2.15 bits per heavy atom. The maximum Gasteiger partial charge on any atom is 0.186 e. The van der Waals surface area contributed by atoms with E-state index in [-0.39, 0.29) is 5.41 Å². The van der Waals surface area contributed by atoms with E-state index >= 15 is 0 Å². The first-order valence-electron chi connectivity index (χ1n) is 6.94. The maximum atomic E-state index is 5.89. The van der Waals surface area contributed by atoms with Crippen LogP contribution in [-0.2, 0) is 25.0 Å². The number of rotatable bonds is 2. The van der Waals surface area contributed by atoms with Gasteiger partial charge in [0, 0.05) is 42.3 Å². The zero-order valence-electron chi connectivity index (χ0n) is 12.3. The molecule has 2 N–H and O–H groups in total. The monoisotopic (exact) mass is 291 g/mol. The van der Waals surface area contributed by atoms with Crippen LogP contribution in [0.25, 0.3) is 0 Å². The fourth-order valence-corrected chi connectivity index (χ4v) is 3.71. The Kier molecular flexibility index (Phi) is 3.30. The van der Waals surface area contributed by atoms with Crippen molar-refractivity contribution in [3.63, 3.8) is 0 Å². The number of nitrogens with zero attached hydrogens (tertiary/aromatic N) is 4. The van der Waals surface area contributed by atoms with Crippen molar-refractivity contribution < 1.29 is 0 Å². The third-order valence-electron chi connectivity index (χ3n) is 3.60. The van der Waals surface area contributed by atoms with E-state index in [0.29, 0.717) is 6.54 Å². The van der Waals surface area contributed by atoms with Crippen LogP contribution in [-0.4, -0.2) is 21.1 Å². The van der Waals surface area contributed by atoms with E-state index in [1.807, 2.05) is 12.4 Å². The average molecular weight is 291 g/mol. The number of aromatic nitrogens is 3. The SMILES string of the molecule is CC(C)(C)c1nc(N2CCn3ccnc3C2)sc1CN. The molecule has 3 heterocycles. The van der Waals surface area contributed by atoms with Gasteiger partial charge in [-0.15, -0.1) is 11.3 Å². The van der Waals surface area contributed by atoms with Gasteiger partial charge < -0.3 is 15.2 Å². The lowest BCUT2D eigenvalue weighted by molar-refractivity contribution is 0.548. The number of nitrogens with two attached hydrogens (primary N) is 1. The molecule has 20 heavy (non-hydrogen) atoms. The molecule has 0 aromatic carbocycles. The third kappa shape index (κ3) is 2.33. The van der Waals surface area contributed by atoms with Crippen LogP contribution in [0.5, 0.6) is 0 Å². The summed E-state index contributed by atoms with van der Waals surface area (Å²) >= 11 is 1.72. The highest BCUT2D eigenvalue weighted by Crippen LogP contribution is 2.34. The zero-order valence-corrected chi connectivity index (χ0v) is 13.1. The average Bonchev–Trinajstić information content (AvgIpc) is 3.03. The fraction of sp³-hybridized carbons (Fsp3) is 0.571. The maximum absolute atomic E-state index is 5.89. The Bertz CT molecular complexity index is 607. The van der Waals surface area contributed by atoms with E-state index in [0.717, 1.165) is 36.3 Å². The molecule has 108 valence electrons. The number of fused-ring (bicyclic) bond motifs is 1. The minimum Gasteiger partial charge on any atom is -0.339 e. The predicted molar refractivity (Wildman–Crippen MR) is 82.0 cm³/mol. The van der Waals surface area contributed by atoms with Gasteiger partial charge in [-0.05, 0) is 0 Å². The molecule has 0 atom stereocenters. The summed E-state index contributed by atoms with van der Waals surface area (Å²) in [5.74, 6) is 1.11. The summed E-state index contributed by atoms with van der Waals surface area (Å²) in [5, 5.41) is 1.07. The smallest absolute Gasteiger partial charge is 0.186 e. The van der Waals surface area contributed by atoms with E-state index in [2.05, 4.69) is 35.2 Å². The molecule has 0 aliphatic carbocycles. The predicted octanol–water partition coefficient (Wildman–Crippen LogP) is 2.12. The Morgan fingerprint density at radius 3 is 2.80 bits per heavy atom. The first-order chi connectivity index (χ1) is 9.49. The molecular weight excluding hydrogens is 270 g/mol. The molecule has 3 rings (SSSR count). The lowest BCUT2D eigenvalue weighted by atomic mass is 9.91. The van der Waals surface area contributed by atoms with Crippen molar-refractivity contribution in [2.45, 2.75) is 45.8 Å². The van der Waals surface area contributed by atoms with Crippen molar-refractivity contribution in [2.24, 2.45) is 5.73 Å². The molecule has 0 amide bonds. The van der Waals surface area contributed by atoms with Gasteiger partial charge >= 0.3 is 0 Å². The van der Waals surface area contributed by atoms with Crippen molar-refractivity contribution in [3.8, 4) is 0 Å². The molecule has 1 aliphatic heterocycles. The molecular formula is C14H21N5S. The molecule has 2 aromatic heterocycles. The molecule has 6 heteroatoms. The van der Waals surface area contributed by atoms with Crippen molar-refractivity contribution in [2.75, 3.05) is 11.4 Å². The van der Waals surface area contributed by atoms with Crippen molar-refractivity contribution in [1.29, 1.82) is 0 Å². The van der Waals surface area contributed by atoms with E-state index in [1.54, 1.807) is 11.3 Å². The quantitative estimate of drug-likeness (QED) is 0.920. The normalized spacial score (nSPS) is 15.5. The van der Waals surface area contributed by atoms with Crippen LogP contribution < -0.4 is 10.6 Å². The van der Waals surface area contributed by atoms with Gasteiger partial charge in [0.2, 0.25) is 0 Å². The number of hydrogen-bond donors (Lipinski definition) is 1. The molecule has 2 aromatic rings. The second-order valence-electron chi connectivity index (χ2n) is 6.18. The van der Waals surface area contributed by atoms with Gasteiger partial charge in [-0.25, -0.2) is 9.97 Å². The van der Waals surface area contributed by atoms with Crippen molar-refractivity contribution in [1.82, 2.24) is 14.5 Å². The summed E-state index contributed by atoms with van der Waals surface area (Å²) in [7, 11) is 0. The van der Waals surface area contributed by atoms with E-state index in [1.165, 1.54) is 4.88 Å². The molecule has 0 spiro atoms. The van der Waals surface area contributed by atoms with Crippen LogP contribution in [0.1, 0.15) is 37.2 Å². The van der Waals surface area contributed by atoms with Gasteiger partial charge in [0.05, 0.1) is 12.2 Å². The van der Waals surface area contributed by atoms with Crippen LogP contribution in [0.15, 0.2) is 12.4 Å². The van der Waals surface area contributed by atoms with Gasteiger partial charge in [-0.1, -0.05) is 20.8 Å². The summed E-state index contributed by atoms with van der Waals surface area (Å²) in [6.45, 7) is 9.90. The highest BCUT2D eigenvalue weighted by Gasteiger charge is 2.26. The van der Waals surface area contributed by atoms with Gasteiger partial charge in [-0.3, -0.25) is 0 Å². The van der Waals surface area contributed by atoms with Crippen molar-refractivity contribution in [3.05, 3.63) is 28.8 Å². The number of hydrogen-bond acceptors (Lipinski definition) is 5. The lowest BCUT2D eigenvalue weighted by Gasteiger charge is -2.27. The highest BCUT2D eigenvalue weighted by atomic mass is 32.1. The summed E-state index contributed by atoms with van der Waals surface area (Å²) in [5.41, 5.74) is 7.06. The summed E-state index contributed by atoms with van der Waals surface area (Å²) in [6.07, 6.45) is 3.91. The minimum atomic E-state index is 0.0394. The number of imidazole rings is 1. The number of thiazole rings is 1. The molecule has 0 bridgehead atoms. The zero-order chi connectivity index (χ0) is 14.3. The van der Waals surface area contributed by atoms with Gasteiger partial charge in [0.15, 0.2) is 5.13 Å². The standard InChI is InChI=1S/C14H21N5S/c1-14(2,3)12-10(8-15)20-13(17-12)19-7-6-18-5-4-16-11(18)9-19/h4-5H,6-9,15H2,1-3H3. The van der Waals surface area contributed by atoms with Crippen LogP contribution in [0.3, 0.4) is 0 Å². The minimum absolute atomic E-state index is 0.0394. The third-order valence-corrected chi connectivity index (χ3v) is 4.74. The van der Waals surface area contributed by atoms with Crippen molar-refractivity contribution >= 4 is 16.5 Å². The van der Waals surface area contributed by atoms with Gasteiger partial charge in [-0.2, -0.15) is 0 Å². The Balaban J connectivity index is 1.90. The van der Waals surface area contributed by atoms with Crippen LogP contribution in [0, 0.1) is 0 Å². The van der Waals surface area contributed by atoms with Crippen LogP contribution >= 0.6 is 11.3 Å². The lowest BCUT2D eigenvalue weighted by Crippen LogP contribution is -2.33. The molecule has 0 saturated carbocycles. The topological polar surface area (TPSA) is 60.0 Å². The largest absolute Gasteiger partial charge is 0.339 e. The number of anilines is 1. The molecule has 1 aliphatic rings. The Hall–Kier alpha value is -1.40. The Labute approximate surface area is 123 Å². The van der Waals surface area contributed by atoms with Crippen LogP contribution in [0.2, 0.25) is 0 Å². The van der Waals surface area contributed by atoms with Gasteiger partial charge in [0.25, 0.3) is 0 Å². The fourth-order valence-electron chi connectivity index (χ4n) is 2.54. The van der Waals surface area contributed by atoms with E-state index < -0.39 is 0 Å². The molecule has 0 unspecified atom stereocenters. The van der Waals surface area contributed by atoms with E-state index in [4.69, 9.17) is 10.7 Å². The highest BCUT2D eigenvalue weighted by molar-refractivity contribution is 7.15. The summed E-state index contributed by atoms with van der Waals surface area (Å²) in [6, 6.07) is 0. The molecule has 0 radical (unpaired) electrons. The van der Waals surface area contributed by atoms with E-state index in [9.17, 15) is 0 Å². The second-order valence-corrected chi connectivity index (χ2v) is 7.24. The summed E-state index contributed by atoms with van der Waals surface area (Å²) < 4.78 is 2.21. The first kappa shape index (κ1) is 13.6. The first-order valence-corrected chi connectivity index (χ1v) is 7.76. The van der Waals surface area contributed by atoms with Crippen LogP contribution in [0.4, 0.5) is 5.13 Å². The molecule has 0 saturated heterocycles. The molecule has 5 nitrogen and oxygen atoms in total. The second kappa shape index (κ2) is 4.86. The Morgan fingerprint density at radius 1 is 1.35 bits per heavy atom. The molecule has 0 fully saturated rings. The van der Waals surface area contributed by atoms with Gasteiger partial charge in [0.1, 0.15) is 5.82 Å².